The Morgan fingerprint density at radius 1 is 1.33 bits per heavy atom. The molecule has 1 aliphatic rings. The fourth-order valence-electron chi connectivity index (χ4n) is 2.44. The van der Waals surface area contributed by atoms with Crippen molar-refractivity contribution < 1.29 is 24.2 Å². The number of amides is 1. The Kier molecular flexibility index (Phi) is 6.32. The summed E-state index contributed by atoms with van der Waals surface area (Å²) in [6.45, 7) is 2.36. The zero-order chi connectivity index (χ0) is 17.7. The van der Waals surface area contributed by atoms with Crippen molar-refractivity contribution >= 4 is 35.1 Å². The average Bonchev–Trinajstić information content (AvgIpc) is 2.56. The van der Waals surface area contributed by atoms with Crippen LogP contribution in [0, 0.1) is 5.41 Å². The molecular weight excluding hydrogens is 357 g/mol. The molecule has 0 spiro atoms. The van der Waals surface area contributed by atoms with E-state index in [2.05, 4.69) is 5.32 Å². The first kappa shape index (κ1) is 18.8. The van der Waals surface area contributed by atoms with Crippen molar-refractivity contribution in [3.63, 3.8) is 0 Å². The number of carbonyl (C=O) groups is 2. The smallest absolute Gasteiger partial charge is 0.311 e. The van der Waals surface area contributed by atoms with E-state index in [9.17, 15) is 14.7 Å². The maximum atomic E-state index is 12.2. The summed E-state index contributed by atoms with van der Waals surface area (Å²) in [6.07, 6.45) is -0.0668. The average molecular weight is 376 g/mol. The zero-order valence-electron chi connectivity index (χ0n) is 13.2. The molecule has 24 heavy (non-hydrogen) atoms. The number of ether oxygens (including phenoxy) is 2. The number of benzene rings is 1. The number of carboxylic acids is 1. The lowest BCUT2D eigenvalue weighted by Gasteiger charge is -2.33. The highest BCUT2D eigenvalue weighted by molar-refractivity contribution is 6.42. The molecule has 1 atom stereocenters. The van der Waals surface area contributed by atoms with Crippen molar-refractivity contribution in [1.29, 1.82) is 0 Å². The van der Waals surface area contributed by atoms with E-state index in [0.29, 0.717) is 41.9 Å². The molecule has 1 heterocycles. The summed E-state index contributed by atoms with van der Waals surface area (Å²) in [5.74, 6) is -0.914. The summed E-state index contributed by atoms with van der Waals surface area (Å²) in [5.41, 5.74) is -0.989. The van der Waals surface area contributed by atoms with Gasteiger partial charge in [-0.2, -0.15) is 0 Å². The van der Waals surface area contributed by atoms with Crippen LogP contribution in [0.2, 0.25) is 10.0 Å². The minimum absolute atomic E-state index is 0.0413. The first-order valence-corrected chi connectivity index (χ1v) is 8.30. The van der Waals surface area contributed by atoms with Crippen LogP contribution in [0.5, 0.6) is 5.75 Å². The Bertz CT molecular complexity index is 616. The number of hydrogen-bond donors (Lipinski definition) is 2. The number of carboxylic acid groups (broad SMARTS) is 1. The molecular formula is C16H19Cl2NO5. The molecule has 2 rings (SSSR count). The molecule has 6 nitrogen and oxygen atoms in total. The van der Waals surface area contributed by atoms with E-state index in [4.69, 9.17) is 32.7 Å². The molecule has 8 heteroatoms. The van der Waals surface area contributed by atoms with Crippen molar-refractivity contribution in [1.82, 2.24) is 5.32 Å². The van der Waals surface area contributed by atoms with Crippen LogP contribution in [-0.2, 0) is 14.3 Å². The van der Waals surface area contributed by atoms with E-state index in [0.717, 1.165) is 0 Å². The monoisotopic (exact) mass is 375 g/mol. The van der Waals surface area contributed by atoms with Crippen LogP contribution in [0.15, 0.2) is 18.2 Å². The quantitative estimate of drug-likeness (QED) is 0.798. The summed E-state index contributed by atoms with van der Waals surface area (Å²) in [4.78, 5) is 23.7. The molecule has 0 saturated carbocycles. The fraction of sp³-hybridized carbons (Fsp3) is 0.500. The highest BCUT2D eigenvalue weighted by Crippen LogP contribution is 2.30. The van der Waals surface area contributed by atoms with Gasteiger partial charge >= 0.3 is 5.97 Å². The minimum Gasteiger partial charge on any atom is -0.481 e. The van der Waals surface area contributed by atoms with Crippen LogP contribution in [-0.4, -0.2) is 42.8 Å². The first-order valence-electron chi connectivity index (χ1n) is 7.55. The molecule has 0 aliphatic carbocycles. The molecule has 0 bridgehead atoms. The Morgan fingerprint density at radius 3 is 2.58 bits per heavy atom. The fourth-order valence-corrected chi connectivity index (χ4v) is 2.72. The van der Waals surface area contributed by atoms with Crippen LogP contribution in [0.4, 0.5) is 0 Å². The zero-order valence-corrected chi connectivity index (χ0v) is 14.7. The Balaban J connectivity index is 1.93. The van der Waals surface area contributed by atoms with Crippen LogP contribution in [0.3, 0.4) is 0 Å². The van der Waals surface area contributed by atoms with E-state index >= 15 is 0 Å². The van der Waals surface area contributed by atoms with Gasteiger partial charge in [0.15, 0.2) is 6.10 Å². The maximum Gasteiger partial charge on any atom is 0.311 e. The van der Waals surface area contributed by atoms with E-state index in [1.165, 1.54) is 6.07 Å². The van der Waals surface area contributed by atoms with Crippen molar-refractivity contribution in [2.45, 2.75) is 25.9 Å². The molecule has 1 fully saturated rings. The molecule has 1 aliphatic heterocycles. The lowest BCUT2D eigenvalue weighted by atomic mass is 9.80. The van der Waals surface area contributed by atoms with Gasteiger partial charge < -0.3 is 19.9 Å². The second-order valence-corrected chi connectivity index (χ2v) is 6.57. The number of aliphatic carboxylic acids is 1. The standard InChI is InChI=1S/C16H19Cl2NO5/c1-10(24-11-2-3-12(17)13(18)8-11)14(20)19-9-16(15(21)22)4-6-23-7-5-16/h2-3,8,10H,4-7,9H2,1H3,(H,19,20)(H,21,22). The number of nitrogens with one attached hydrogen (secondary N) is 1. The van der Waals surface area contributed by atoms with Crippen molar-refractivity contribution in [2.75, 3.05) is 19.8 Å². The van der Waals surface area contributed by atoms with Crippen LogP contribution >= 0.6 is 23.2 Å². The van der Waals surface area contributed by atoms with E-state index in [1.807, 2.05) is 0 Å². The van der Waals surface area contributed by atoms with Gasteiger partial charge in [0.1, 0.15) is 5.75 Å². The van der Waals surface area contributed by atoms with E-state index < -0.39 is 23.4 Å². The maximum absolute atomic E-state index is 12.2. The van der Waals surface area contributed by atoms with E-state index in [1.54, 1.807) is 19.1 Å². The summed E-state index contributed by atoms with van der Waals surface area (Å²) >= 11 is 11.7. The summed E-state index contributed by atoms with van der Waals surface area (Å²) in [7, 11) is 0. The van der Waals surface area contributed by atoms with Gasteiger partial charge in [0.25, 0.3) is 5.91 Å². The lowest BCUT2D eigenvalue weighted by molar-refractivity contribution is -0.155. The largest absolute Gasteiger partial charge is 0.481 e. The van der Waals surface area contributed by atoms with Gasteiger partial charge in [0, 0.05) is 25.8 Å². The molecule has 1 aromatic carbocycles. The summed E-state index contributed by atoms with van der Waals surface area (Å²) in [6, 6.07) is 4.70. The molecule has 0 radical (unpaired) electrons. The van der Waals surface area contributed by atoms with E-state index in [-0.39, 0.29) is 6.54 Å². The third-order valence-corrected chi connectivity index (χ3v) is 4.82. The summed E-state index contributed by atoms with van der Waals surface area (Å²) < 4.78 is 10.7. The topological polar surface area (TPSA) is 84.9 Å². The number of rotatable bonds is 6. The van der Waals surface area contributed by atoms with Crippen LogP contribution < -0.4 is 10.1 Å². The molecule has 1 amide bonds. The summed E-state index contributed by atoms with van der Waals surface area (Å²) in [5, 5.41) is 12.8. The van der Waals surface area contributed by atoms with Gasteiger partial charge in [-0.1, -0.05) is 23.2 Å². The SMILES string of the molecule is CC(Oc1ccc(Cl)c(Cl)c1)C(=O)NCC1(C(=O)O)CCOCC1. The molecule has 1 aromatic rings. The van der Waals surface area contributed by atoms with Gasteiger partial charge in [-0.3, -0.25) is 9.59 Å². The van der Waals surface area contributed by atoms with Crippen molar-refractivity contribution in [2.24, 2.45) is 5.41 Å². The molecule has 0 aromatic heterocycles. The first-order chi connectivity index (χ1) is 11.3. The predicted octanol–water partition coefficient (Wildman–Crippen LogP) is 2.76. The molecule has 1 unspecified atom stereocenters. The third-order valence-electron chi connectivity index (χ3n) is 4.08. The minimum atomic E-state index is -0.989. The normalized spacial score (nSPS) is 17.8. The van der Waals surface area contributed by atoms with Crippen LogP contribution in [0.1, 0.15) is 19.8 Å². The Labute approximate surface area is 150 Å². The number of halogens is 2. The Morgan fingerprint density at radius 2 is 2.00 bits per heavy atom. The number of hydrogen-bond acceptors (Lipinski definition) is 4. The highest BCUT2D eigenvalue weighted by Gasteiger charge is 2.40. The van der Waals surface area contributed by atoms with Gasteiger partial charge in [0.2, 0.25) is 0 Å². The molecule has 132 valence electrons. The second kappa shape index (κ2) is 8.05. The predicted molar refractivity (Wildman–Crippen MR) is 89.7 cm³/mol. The van der Waals surface area contributed by atoms with Crippen molar-refractivity contribution in [3.8, 4) is 5.75 Å². The number of carbonyl (C=O) groups excluding carboxylic acids is 1. The lowest BCUT2D eigenvalue weighted by Crippen LogP contribution is -2.48. The van der Waals surface area contributed by atoms with Gasteiger partial charge in [-0.05, 0) is 31.9 Å². The van der Waals surface area contributed by atoms with Gasteiger partial charge in [-0.15, -0.1) is 0 Å². The Hall–Kier alpha value is -1.50. The van der Waals surface area contributed by atoms with Gasteiger partial charge in [0.05, 0.1) is 15.5 Å². The van der Waals surface area contributed by atoms with Gasteiger partial charge in [-0.25, -0.2) is 0 Å². The molecule has 2 N–H and O–H groups in total. The third kappa shape index (κ3) is 4.53. The highest BCUT2D eigenvalue weighted by atomic mass is 35.5. The second-order valence-electron chi connectivity index (χ2n) is 5.75. The van der Waals surface area contributed by atoms with Crippen molar-refractivity contribution in [3.05, 3.63) is 28.2 Å². The molecule has 1 saturated heterocycles. The van der Waals surface area contributed by atoms with Crippen LogP contribution in [0.25, 0.3) is 0 Å².